The van der Waals surface area contributed by atoms with E-state index in [0.29, 0.717) is 23.7 Å². The van der Waals surface area contributed by atoms with Gasteiger partial charge in [-0.2, -0.15) is 0 Å². The van der Waals surface area contributed by atoms with Gasteiger partial charge >= 0.3 is 0 Å². The van der Waals surface area contributed by atoms with Crippen LogP contribution in [0.5, 0.6) is 0 Å². The minimum atomic E-state index is -0.464. The number of nitrogens with zero attached hydrogens (tertiary/aromatic N) is 1. The summed E-state index contributed by atoms with van der Waals surface area (Å²) in [5.74, 6) is -0.622. The number of rotatable bonds is 8. The Morgan fingerprint density at radius 2 is 1.87 bits per heavy atom. The van der Waals surface area contributed by atoms with Gasteiger partial charge < -0.3 is 11.1 Å². The smallest absolute Gasteiger partial charge is 0.251 e. The average molecular weight is 333 g/mol. The van der Waals surface area contributed by atoms with Gasteiger partial charge in [-0.25, -0.2) is 0 Å². The molecule has 1 aromatic heterocycles. The Morgan fingerprint density at radius 1 is 1.22 bits per heavy atom. The highest BCUT2D eigenvalue weighted by molar-refractivity contribution is 7.17. The summed E-state index contributed by atoms with van der Waals surface area (Å²) in [6.07, 6.45) is 7.48. The Kier molecular flexibility index (Phi) is 6.12. The fourth-order valence-electron chi connectivity index (χ4n) is 2.85. The van der Waals surface area contributed by atoms with Crippen LogP contribution in [0.2, 0.25) is 0 Å². The lowest BCUT2D eigenvalue weighted by atomic mass is 9.95. The molecule has 1 aliphatic rings. The number of aryl methyl sites for hydroxylation is 1. The molecular formula is C17H23N3O2S. The molecule has 3 N–H and O–H groups in total. The third-order valence-corrected chi connectivity index (χ3v) is 5.02. The van der Waals surface area contributed by atoms with Gasteiger partial charge in [0.05, 0.1) is 12.1 Å². The minimum absolute atomic E-state index is 0.158. The Labute approximate surface area is 140 Å². The van der Waals surface area contributed by atoms with E-state index in [4.69, 9.17) is 5.73 Å². The van der Waals surface area contributed by atoms with Gasteiger partial charge in [-0.1, -0.05) is 12.2 Å². The topological polar surface area (TPSA) is 75.4 Å². The standard InChI is InChI=1S/C17H23N3O2S/c1-3-9-20(10-4-2)11-14(21)19-17-15(16(18)22)12-7-5-6-8-13(12)23-17/h3-4H,1-2,5-11H2,(H2,18,22)(H,19,21). The molecule has 0 aromatic carbocycles. The molecule has 0 saturated carbocycles. The van der Waals surface area contributed by atoms with Crippen LogP contribution in [-0.2, 0) is 17.6 Å². The first-order chi connectivity index (χ1) is 11.1. The molecule has 5 nitrogen and oxygen atoms in total. The van der Waals surface area contributed by atoms with Gasteiger partial charge in [0, 0.05) is 18.0 Å². The van der Waals surface area contributed by atoms with E-state index in [1.54, 1.807) is 12.2 Å². The molecule has 2 amide bonds. The molecule has 0 saturated heterocycles. The summed E-state index contributed by atoms with van der Waals surface area (Å²) >= 11 is 1.48. The molecule has 6 heteroatoms. The van der Waals surface area contributed by atoms with Crippen molar-refractivity contribution < 1.29 is 9.59 Å². The fraction of sp³-hybridized carbons (Fsp3) is 0.412. The molecule has 0 unspecified atom stereocenters. The maximum Gasteiger partial charge on any atom is 0.251 e. The molecular weight excluding hydrogens is 310 g/mol. The third kappa shape index (κ3) is 4.30. The van der Waals surface area contributed by atoms with Crippen molar-refractivity contribution in [3.8, 4) is 0 Å². The number of hydrogen-bond donors (Lipinski definition) is 2. The first kappa shape index (κ1) is 17.4. The van der Waals surface area contributed by atoms with E-state index in [0.717, 1.165) is 31.2 Å². The highest BCUT2D eigenvalue weighted by atomic mass is 32.1. The lowest BCUT2D eigenvalue weighted by Crippen LogP contribution is -2.33. The van der Waals surface area contributed by atoms with Crippen LogP contribution in [0.3, 0.4) is 0 Å². The predicted molar refractivity (Wildman–Crippen MR) is 94.9 cm³/mol. The second-order valence-corrected chi connectivity index (χ2v) is 6.70. The van der Waals surface area contributed by atoms with Crippen molar-refractivity contribution in [2.45, 2.75) is 25.7 Å². The molecule has 1 aromatic rings. The van der Waals surface area contributed by atoms with E-state index in [9.17, 15) is 9.59 Å². The number of nitrogens with one attached hydrogen (secondary N) is 1. The normalized spacial score (nSPS) is 13.4. The van der Waals surface area contributed by atoms with Crippen molar-refractivity contribution in [3.05, 3.63) is 41.3 Å². The molecule has 1 heterocycles. The van der Waals surface area contributed by atoms with Gasteiger partial charge in [-0.3, -0.25) is 14.5 Å². The molecule has 0 radical (unpaired) electrons. The highest BCUT2D eigenvalue weighted by Crippen LogP contribution is 2.37. The second-order valence-electron chi connectivity index (χ2n) is 5.60. The SMILES string of the molecule is C=CCN(CC=C)CC(=O)Nc1sc2c(c1C(N)=O)CCCC2. The zero-order chi connectivity index (χ0) is 16.8. The Hall–Kier alpha value is -1.92. The van der Waals surface area contributed by atoms with E-state index in [-0.39, 0.29) is 12.5 Å². The van der Waals surface area contributed by atoms with Gasteiger partial charge in [0.2, 0.25) is 5.91 Å². The predicted octanol–water partition coefficient (Wildman–Crippen LogP) is 2.34. The molecule has 0 spiro atoms. The Morgan fingerprint density at radius 3 is 2.48 bits per heavy atom. The summed E-state index contributed by atoms with van der Waals surface area (Å²) in [4.78, 5) is 27.2. The highest BCUT2D eigenvalue weighted by Gasteiger charge is 2.25. The van der Waals surface area contributed by atoms with E-state index in [2.05, 4.69) is 18.5 Å². The lowest BCUT2D eigenvalue weighted by Gasteiger charge is -2.17. The quantitative estimate of drug-likeness (QED) is 0.717. The number of hydrogen-bond acceptors (Lipinski definition) is 4. The Balaban J connectivity index is 2.14. The molecule has 0 bridgehead atoms. The molecule has 0 aliphatic heterocycles. The first-order valence-corrected chi connectivity index (χ1v) is 8.56. The second kappa shape index (κ2) is 8.08. The molecule has 0 fully saturated rings. The van der Waals surface area contributed by atoms with Crippen LogP contribution in [0.4, 0.5) is 5.00 Å². The summed E-state index contributed by atoms with van der Waals surface area (Å²) in [7, 11) is 0. The number of nitrogens with two attached hydrogens (primary N) is 1. The van der Waals surface area contributed by atoms with Crippen molar-refractivity contribution in [2.24, 2.45) is 5.73 Å². The van der Waals surface area contributed by atoms with Gasteiger partial charge in [-0.15, -0.1) is 24.5 Å². The first-order valence-electron chi connectivity index (χ1n) is 7.75. The van der Waals surface area contributed by atoms with Crippen LogP contribution in [-0.4, -0.2) is 36.3 Å². The number of thiophene rings is 1. The van der Waals surface area contributed by atoms with E-state index < -0.39 is 5.91 Å². The van der Waals surface area contributed by atoms with Gasteiger partial charge in [-0.05, 0) is 31.2 Å². The van der Waals surface area contributed by atoms with Gasteiger partial charge in [0.1, 0.15) is 5.00 Å². The van der Waals surface area contributed by atoms with Crippen LogP contribution in [0.25, 0.3) is 0 Å². The van der Waals surface area contributed by atoms with Crippen molar-refractivity contribution in [2.75, 3.05) is 25.0 Å². The maximum atomic E-state index is 12.3. The van der Waals surface area contributed by atoms with Crippen LogP contribution in [0, 0.1) is 0 Å². The van der Waals surface area contributed by atoms with E-state index in [1.165, 1.54) is 16.2 Å². The van der Waals surface area contributed by atoms with E-state index in [1.807, 2.05) is 4.90 Å². The largest absolute Gasteiger partial charge is 0.365 e. The van der Waals surface area contributed by atoms with Crippen LogP contribution >= 0.6 is 11.3 Å². The Bertz CT molecular complexity index is 612. The number of anilines is 1. The summed E-state index contributed by atoms with van der Waals surface area (Å²) in [5, 5.41) is 3.45. The average Bonchev–Trinajstić information content (AvgIpc) is 2.85. The summed E-state index contributed by atoms with van der Waals surface area (Å²) in [6.45, 7) is 8.80. The maximum absolute atomic E-state index is 12.3. The number of primary amides is 1. The third-order valence-electron chi connectivity index (χ3n) is 3.81. The fourth-order valence-corrected chi connectivity index (χ4v) is 4.16. The summed E-state index contributed by atoms with van der Waals surface area (Å²) < 4.78 is 0. The monoisotopic (exact) mass is 333 g/mol. The van der Waals surface area contributed by atoms with Crippen LogP contribution in [0.15, 0.2) is 25.3 Å². The van der Waals surface area contributed by atoms with E-state index >= 15 is 0 Å². The molecule has 1 aliphatic carbocycles. The van der Waals surface area contributed by atoms with Crippen molar-refractivity contribution in [1.82, 2.24) is 4.90 Å². The summed E-state index contributed by atoms with van der Waals surface area (Å²) in [5.41, 5.74) is 7.06. The zero-order valence-electron chi connectivity index (χ0n) is 13.3. The lowest BCUT2D eigenvalue weighted by molar-refractivity contribution is -0.117. The zero-order valence-corrected chi connectivity index (χ0v) is 14.1. The minimum Gasteiger partial charge on any atom is -0.365 e. The van der Waals surface area contributed by atoms with Crippen molar-refractivity contribution >= 4 is 28.2 Å². The molecule has 2 rings (SSSR count). The molecule has 124 valence electrons. The molecule has 23 heavy (non-hydrogen) atoms. The summed E-state index contributed by atoms with van der Waals surface area (Å²) in [6, 6.07) is 0. The van der Waals surface area contributed by atoms with Crippen LogP contribution in [0.1, 0.15) is 33.6 Å². The number of fused-ring (bicyclic) bond motifs is 1. The number of amides is 2. The number of carbonyl (C=O) groups excluding carboxylic acids is 2. The number of carbonyl (C=O) groups is 2. The van der Waals surface area contributed by atoms with Crippen LogP contribution < -0.4 is 11.1 Å². The van der Waals surface area contributed by atoms with Crippen molar-refractivity contribution in [3.63, 3.8) is 0 Å². The van der Waals surface area contributed by atoms with Gasteiger partial charge in [0.25, 0.3) is 5.91 Å². The molecule has 0 atom stereocenters. The van der Waals surface area contributed by atoms with Crippen molar-refractivity contribution in [1.29, 1.82) is 0 Å². The van der Waals surface area contributed by atoms with Gasteiger partial charge in [0.15, 0.2) is 0 Å².